The third-order valence-electron chi connectivity index (χ3n) is 2.01. The van der Waals surface area contributed by atoms with Gasteiger partial charge < -0.3 is 0 Å². The Labute approximate surface area is 105 Å². The molecule has 0 amide bonds. The maximum atomic E-state index is 5.90. The molecule has 0 aliphatic heterocycles. The van der Waals surface area contributed by atoms with E-state index < -0.39 is 0 Å². The first-order valence-electron chi connectivity index (χ1n) is 4.82. The summed E-state index contributed by atoms with van der Waals surface area (Å²) in [4.78, 5) is 3.70. The monoisotopic (exact) mass is 261 g/mol. The van der Waals surface area contributed by atoms with Crippen LogP contribution in [0.1, 0.15) is 4.88 Å². The highest BCUT2D eigenvalue weighted by atomic mass is 35.5. The molecule has 0 aliphatic carbocycles. The number of halogens is 1. The molecule has 15 heavy (non-hydrogen) atoms. The second-order valence-electron chi connectivity index (χ2n) is 3.22. The second kappa shape index (κ2) is 7.34. The molecule has 1 aromatic rings. The van der Waals surface area contributed by atoms with Gasteiger partial charge in [0.1, 0.15) is 0 Å². The van der Waals surface area contributed by atoms with Crippen molar-refractivity contribution in [1.82, 2.24) is 4.90 Å². The van der Waals surface area contributed by atoms with Crippen LogP contribution in [0.2, 0.25) is 4.34 Å². The fraction of sp³-hybridized carbons (Fsp3) is 0.455. The Hall–Kier alpha value is 0.0400. The largest absolute Gasteiger partial charge is 0.294 e. The maximum Gasteiger partial charge on any atom is 0.0931 e. The Morgan fingerprint density at radius 1 is 1.60 bits per heavy atom. The van der Waals surface area contributed by atoms with E-state index in [-0.39, 0.29) is 0 Å². The van der Waals surface area contributed by atoms with Crippen molar-refractivity contribution in [2.24, 2.45) is 0 Å². The number of hydrogen-bond donors (Lipinski definition) is 0. The van der Waals surface area contributed by atoms with Crippen molar-refractivity contribution >= 4 is 34.7 Å². The molecule has 0 spiro atoms. The first-order valence-corrected chi connectivity index (χ1v) is 7.41. The van der Waals surface area contributed by atoms with Crippen LogP contribution in [-0.4, -0.2) is 30.0 Å². The zero-order chi connectivity index (χ0) is 11.1. The topological polar surface area (TPSA) is 3.24 Å². The van der Waals surface area contributed by atoms with Gasteiger partial charge in [-0.2, -0.15) is 11.8 Å². The molecular weight excluding hydrogens is 246 g/mol. The summed E-state index contributed by atoms with van der Waals surface area (Å²) in [5.74, 6) is 1.16. The summed E-state index contributed by atoms with van der Waals surface area (Å²) >= 11 is 9.43. The lowest BCUT2D eigenvalue weighted by Crippen LogP contribution is -2.25. The molecule has 0 atom stereocenters. The van der Waals surface area contributed by atoms with Crippen LogP contribution in [0, 0.1) is 0 Å². The van der Waals surface area contributed by atoms with Gasteiger partial charge in [-0.05, 0) is 18.4 Å². The Kier molecular flexibility index (Phi) is 6.41. The van der Waals surface area contributed by atoms with Crippen molar-refractivity contribution in [3.05, 3.63) is 34.0 Å². The van der Waals surface area contributed by atoms with E-state index in [1.165, 1.54) is 4.88 Å². The third kappa shape index (κ3) is 5.07. The van der Waals surface area contributed by atoms with Gasteiger partial charge in [0.05, 0.1) is 4.34 Å². The van der Waals surface area contributed by atoms with Gasteiger partial charge >= 0.3 is 0 Å². The average Bonchev–Trinajstić information content (AvgIpc) is 2.61. The summed E-state index contributed by atoms with van der Waals surface area (Å²) in [5.41, 5.74) is 0. The van der Waals surface area contributed by atoms with Gasteiger partial charge in [0.25, 0.3) is 0 Å². The molecule has 1 rings (SSSR count). The van der Waals surface area contributed by atoms with E-state index in [2.05, 4.69) is 23.8 Å². The van der Waals surface area contributed by atoms with Crippen molar-refractivity contribution in [3.8, 4) is 0 Å². The van der Waals surface area contributed by atoms with E-state index in [4.69, 9.17) is 11.6 Å². The number of rotatable bonds is 7. The normalized spacial score (nSPS) is 10.9. The van der Waals surface area contributed by atoms with E-state index in [0.29, 0.717) is 0 Å². The molecule has 4 heteroatoms. The van der Waals surface area contributed by atoms with E-state index in [1.807, 2.05) is 23.9 Å². The van der Waals surface area contributed by atoms with Gasteiger partial charge in [-0.15, -0.1) is 17.9 Å². The van der Waals surface area contributed by atoms with E-state index in [1.54, 1.807) is 11.3 Å². The predicted octanol–water partition coefficient (Wildman–Crippen LogP) is 3.75. The molecule has 1 nitrogen and oxygen atoms in total. The van der Waals surface area contributed by atoms with Gasteiger partial charge in [-0.3, -0.25) is 4.90 Å². The summed E-state index contributed by atoms with van der Waals surface area (Å²) < 4.78 is 0.869. The van der Waals surface area contributed by atoms with Gasteiger partial charge in [-0.25, -0.2) is 0 Å². The highest BCUT2D eigenvalue weighted by Crippen LogP contribution is 2.22. The fourth-order valence-electron chi connectivity index (χ4n) is 1.29. The van der Waals surface area contributed by atoms with Crippen molar-refractivity contribution in [1.29, 1.82) is 0 Å². The third-order valence-corrected chi connectivity index (χ3v) is 3.81. The lowest BCUT2D eigenvalue weighted by molar-refractivity contribution is 0.317. The number of thiophene rings is 1. The smallest absolute Gasteiger partial charge is 0.0931 e. The molecule has 1 aromatic heterocycles. The van der Waals surface area contributed by atoms with Gasteiger partial charge in [0.15, 0.2) is 0 Å². The average molecular weight is 262 g/mol. The highest BCUT2D eigenvalue weighted by molar-refractivity contribution is 7.98. The molecule has 0 fully saturated rings. The van der Waals surface area contributed by atoms with Crippen LogP contribution >= 0.6 is 34.7 Å². The molecular formula is C11H16ClNS2. The minimum Gasteiger partial charge on any atom is -0.294 e. The molecule has 0 saturated carbocycles. The zero-order valence-corrected chi connectivity index (χ0v) is 11.3. The summed E-state index contributed by atoms with van der Waals surface area (Å²) in [6.07, 6.45) is 4.09. The molecule has 84 valence electrons. The fourth-order valence-corrected chi connectivity index (χ4v) is 2.87. The SMILES string of the molecule is C=CCN(CCSC)Cc1ccc(Cl)s1. The quantitative estimate of drug-likeness (QED) is 0.688. The standard InChI is InChI=1S/C11H16ClNS2/c1-3-6-13(7-8-14-2)9-10-4-5-11(12)15-10/h3-5H,1,6-9H2,2H3. The Balaban J connectivity index is 2.46. The van der Waals surface area contributed by atoms with Crippen LogP contribution < -0.4 is 0 Å². The van der Waals surface area contributed by atoms with Crippen molar-refractivity contribution in [2.75, 3.05) is 25.1 Å². The van der Waals surface area contributed by atoms with Crippen LogP contribution in [0.4, 0.5) is 0 Å². The van der Waals surface area contributed by atoms with Gasteiger partial charge in [0, 0.05) is 30.3 Å². The van der Waals surface area contributed by atoms with E-state index >= 15 is 0 Å². The summed E-state index contributed by atoms with van der Waals surface area (Å²) in [7, 11) is 0. The molecule has 0 aromatic carbocycles. The lowest BCUT2D eigenvalue weighted by atomic mass is 10.4. The molecule has 0 radical (unpaired) electrons. The van der Waals surface area contributed by atoms with Gasteiger partial charge in [-0.1, -0.05) is 17.7 Å². The van der Waals surface area contributed by atoms with Crippen LogP contribution in [0.5, 0.6) is 0 Å². The Bertz CT molecular complexity index is 299. The van der Waals surface area contributed by atoms with Crippen molar-refractivity contribution in [3.63, 3.8) is 0 Å². The van der Waals surface area contributed by atoms with E-state index in [9.17, 15) is 0 Å². The van der Waals surface area contributed by atoms with Crippen molar-refractivity contribution < 1.29 is 0 Å². The Morgan fingerprint density at radius 2 is 2.40 bits per heavy atom. The first-order chi connectivity index (χ1) is 7.26. The van der Waals surface area contributed by atoms with E-state index in [0.717, 1.165) is 29.7 Å². The number of hydrogen-bond acceptors (Lipinski definition) is 3. The highest BCUT2D eigenvalue weighted by Gasteiger charge is 2.05. The van der Waals surface area contributed by atoms with Gasteiger partial charge in [0.2, 0.25) is 0 Å². The first kappa shape index (κ1) is 13.1. The van der Waals surface area contributed by atoms with Crippen LogP contribution in [0.3, 0.4) is 0 Å². The lowest BCUT2D eigenvalue weighted by Gasteiger charge is -2.18. The maximum absolute atomic E-state index is 5.90. The summed E-state index contributed by atoms with van der Waals surface area (Å²) in [5, 5.41) is 0. The molecule has 0 N–H and O–H groups in total. The number of thioether (sulfide) groups is 1. The minimum atomic E-state index is 0.869. The van der Waals surface area contributed by atoms with Crippen molar-refractivity contribution in [2.45, 2.75) is 6.54 Å². The molecule has 0 saturated heterocycles. The van der Waals surface area contributed by atoms with Crippen LogP contribution in [0.25, 0.3) is 0 Å². The van der Waals surface area contributed by atoms with Crippen LogP contribution in [0.15, 0.2) is 24.8 Å². The number of nitrogens with zero attached hydrogens (tertiary/aromatic N) is 1. The molecule has 0 bridgehead atoms. The predicted molar refractivity (Wildman–Crippen MR) is 73.2 cm³/mol. The summed E-state index contributed by atoms with van der Waals surface area (Å²) in [6.45, 7) is 6.80. The molecule has 1 heterocycles. The Morgan fingerprint density at radius 3 is 2.93 bits per heavy atom. The summed E-state index contributed by atoms with van der Waals surface area (Å²) in [6, 6.07) is 4.06. The second-order valence-corrected chi connectivity index (χ2v) is 6.01. The molecule has 0 unspecified atom stereocenters. The van der Waals surface area contributed by atoms with Crippen LogP contribution in [-0.2, 0) is 6.54 Å². The zero-order valence-electron chi connectivity index (χ0n) is 8.91. The molecule has 0 aliphatic rings. The minimum absolute atomic E-state index is 0.869.